The summed E-state index contributed by atoms with van der Waals surface area (Å²) in [4.78, 5) is 24.9. The van der Waals surface area contributed by atoms with E-state index in [2.05, 4.69) is 6.58 Å². The monoisotopic (exact) mass is 386 g/mol. The SMILES string of the molecule is C=CCN1C(=O)/C(=C/c2ccc(-c3ccc(C)c([N+](=O)[O-])c3)o2)SC1=S. The van der Waals surface area contributed by atoms with E-state index in [-0.39, 0.29) is 11.6 Å². The smallest absolute Gasteiger partial charge is 0.273 e. The lowest BCUT2D eigenvalue weighted by Crippen LogP contribution is -2.27. The summed E-state index contributed by atoms with van der Waals surface area (Å²) in [6, 6.07) is 8.33. The third-order valence-electron chi connectivity index (χ3n) is 3.78. The van der Waals surface area contributed by atoms with Crippen molar-refractivity contribution < 1.29 is 14.1 Å². The van der Waals surface area contributed by atoms with E-state index in [1.165, 1.54) is 22.7 Å². The van der Waals surface area contributed by atoms with Crippen molar-refractivity contribution >= 4 is 46.0 Å². The molecule has 0 aliphatic carbocycles. The molecule has 8 heteroatoms. The zero-order chi connectivity index (χ0) is 18.8. The summed E-state index contributed by atoms with van der Waals surface area (Å²) < 4.78 is 6.21. The Kier molecular flexibility index (Phi) is 5.06. The number of rotatable bonds is 5. The van der Waals surface area contributed by atoms with Crippen LogP contribution in [0.3, 0.4) is 0 Å². The summed E-state index contributed by atoms with van der Waals surface area (Å²) in [5.74, 6) is 0.770. The van der Waals surface area contributed by atoms with E-state index in [1.807, 2.05) is 0 Å². The van der Waals surface area contributed by atoms with Crippen LogP contribution in [0.1, 0.15) is 11.3 Å². The Bertz CT molecular complexity index is 962. The van der Waals surface area contributed by atoms with Crippen molar-refractivity contribution in [3.05, 3.63) is 69.3 Å². The zero-order valence-corrected chi connectivity index (χ0v) is 15.4. The molecule has 2 heterocycles. The van der Waals surface area contributed by atoms with Crippen LogP contribution >= 0.6 is 24.0 Å². The van der Waals surface area contributed by atoms with Gasteiger partial charge in [-0.3, -0.25) is 19.8 Å². The van der Waals surface area contributed by atoms with Crippen LogP contribution in [0.5, 0.6) is 0 Å². The summed E-state index contributed by atoms with van der Waals surface area (Å²) in [5.41, 5.74) is 1.21. The van der Waals surface area contributed by atoms with E-state index in [9.17, 15) is 14.9 Å². The maximum atomic E-state index is 12.3. The Morgan fingerprint density at radius 2 is 2.15 bits per heavy atom. The van der Waals surface area contributed by atoms with Gasteiger partial charge in [0.1, 0.15) is 15.8 Å². The highest BCUT2D eigenvalue weighted by molar-refractivity contribution is 8.26. The molecule has 1 aliphatic rings. The summed E-state index contributed by atoms with van der Waals surface area (Å²) in [5, 5.41) is 11.1. The number of amides is 1. The molecule has 2 aromatic rings. The second-order valence-electron chi connectivity index (χ2n) is 5.54. The molecule has 0 unspecified atom stereocenters. The van der Waals surface area contributed by atoms with Gasteiger partial charge in [0, 0.05) is 29.8 Å². The number of furan rings is 1. The number of carbonyl (C=O) groups is 1. The van der Waals surface area contributed by atoms with Gasteiger partial charge in [-0.2, -0.15) is 0 Å². The van der Waals surface area contributed by atoms with E-state index in [0.717, 1.165) is 0 Å². The minimum Gasteiger partial charge on any atom is -0.457 e. The fraction of sp³-hybridized carbons (Fsp3) is 0.111. The molecule has 0 bridgehead atoms. The van der Waals surface area contributed by atoms with Crippen molar-refractivity contribution in [2.24, 2.45) is 0 Å². The van der Waals surface area contributed by atoms with Gasteiger partial charge in [0.2, 0.25) is 0 Å². The largest absolute Gasteiger partial charge is 0.457 e. The van der Waals surface area contributed by atoms with Gasteiger partial charge in [-0.25, -0.2) is 0 Å². The second kappa shape index (κ2) is 7.27. The Balaban J connectivity index is 1.88. The quantitative estimate of drug-likeness (QED) is 0.247. The second-order valence-corrected chi connectivity index (χ2v) is 7.22. The van der Waals surface area contributed by atoms with Crippen LogP contribution in [0.25, 0.3) is 17.4 Å². The first-order chi connectivity index (χ1) is 12.4. The molecule has 0 saturated carbocycles. The molecule has 1 aromatic heterocycles. The number of nitro benzene ring substituents is 1. The molecule has 0 spiro atoms. The van der Waals surface area contributed by atoms with Gasteiger partial charge in [-0.15, -0.1) is 6.58 Å². The summed E-state index contributed by atoms with van der Waals surface area (Å²) >= 11 is 6.40. The van der Waals surface area contributed by atoms with Crippen LogP contribution in [0, 0.1) is 17.0 Å². The van der Waals surface area contributed by atoms with Gasteiger partial charge in [-0.1, -0.05) is 42.2 Å². The number of nitro groups is 1. The van der Waals surface area contributed by atoms with Crippen LogP contribution in [0.15, 0.2) is 52.3 Å². The minimum absolute atomic E-state index is 0.0331. The predicted molar refractivity (Wildman–Crippen MR) is 106 cm³/mol. The van der Waals surface area contributed by atoms with Crippen molar-refractivity contribution in [1.29, 1.82) is 0 Å². The lowest BCUT2D eigenvalue weighted by atomic mass is 10.1. The standard InChI is InChI=1S/C18H14N2O4S2/c1-3-8-19-17(21)16(26-18(19)25)10-13-6-7-15(24-13)12-5-4-11(2)14(9-12)20(22)23/h3-7,9-10H,1,8H2,2H3/b16-10-. The number of thioether (sulfide) groups is 1. The fourth-order valence-corrected chi connectivity index (χ4v) is 3.72. The Hall–Kier alpha value is -2.71. The molecular weight excluding hydrogens is 372 g/mol. The molecule has 0 radical (unpaired) electrons. The number of thiocarbonyl (C=S) groups is 1. The molecule has 3 rings (SSSR count). The number of benzene rings is 1. The van der Waals surface area contributed by atoms with Crippen molar-refractivity contribution in [3.8, 4) is 11.3 Å². The molecule has 0 atom stereocenters. The van der Waals surface area contributed by atoms with Gasteiger partial charge in [0.05, 0.1) is 9.83 Å². The Morgan fingerprint density at radius 1 is 1.38 bits per heavy atom. The normalized spacial score (nSPS) is 15.7. The molecule has 1 amide bonds. The summed E-state index contributed by atoms with van der Waals surface area (Å²) in [6.45, 7) is 5.66. The van der Waals surface area contributed by atoms with Crippen LogP contribution in [0.4, 0.5) is 5.69 Å². The Labute approximate surface area is 159 Å². The average Bonchev–Trinajstić information content (AvgIpc) is 3.16. The first-order valence-corrected chi connectivity index (χ1v) is 8.84. The van der Waals surface area contributed by atoms with E-state index < -0.39 is 4.92 Å². The van der Waals surface area contributed by atoms with E-state index in [0.29, 0.717) is 38.4 Å². The number of hydrogen-bond donors (Lipinski definition) is 0. The van der Waals surface area contributed by atoms with Crippen molar-refractivity contribution in [2.75, 3.05) is 6.54 Å². The molecule has 0 N–H and O–H groups in total. The highest BCUT2D eigenvalue weighted by Gasteiger charge is 2.31. The van der Waals surface area contributed by atoms with E-state index >= 15 is 0 Å². The van der Waals surface area contributed by atoms with Crippen LogP contribution < -0.4 is 0 Å². The first kappa shape index (κ1) is 18.1. The summed E-state index contributed by atoms with van der Waals surface area (Å²) in [7, 11) is 0. The van der Waals surface area contributed by atoms with Gasteiger partial charge in [-0.05, 0) is 19.1 Å². The van der Waals surface area contributed by atoms with Gasteiger partial charge in [0.25, 0.3) is 11.6 Å². The minimum atomic E-state index is -0.423. The molecule has 1 saturated heterocycles. The number of carbonyl (C=O) groups excluding carboxylic acids is 1. The fourth-order valence-electron chi connectivity index (χ4n) is 2.46. The number of hydrogen-bond acceptors (Lipinski definition) is 6. The highest BCUT2D eigenvalue weighted by Crippen LogP contribution is 2.34. The highest BCUT2D eigenvalue weighted by atomic mass is 32.2. The van der Waals surface area contributed by atoms with Gasteiger partial charge < -0.3 is 4.42 Å². The molecule has 1 fully saturated rings. The van der Waals surface area contributed by atoms with Gasteiger partial charge >= 0.3 is 0 Å². The predicted octanol–water partition coefficient (Wildman–Crippen LogP) is 4.55. The average molecular weight is 386 g/mol. The lowest BCUT2D eigenvalue weighted by molar-refractivity contribution is -0.385. The van der Waals surface area contributed by atoms with Crippen LogP contribution in [-0.2, 0) is 4.79 Å². The molecule has 132 valence electrons. The Morgan fingerprint density at radius 3 is 2.85 bits per heavy atom. The molecule has 1 aliphatic heterocycles. The first-order valence-electron chi connectivity index (χ1n) is 7.62. The number of nitrogens with zero attached hydrogens (tertiary/aromatic N) is 2. The van der Waals surface area contributed by atoms with Gasteiger partial charge in [0.15, 0.2) is 0 Å². The van der Waals surface area contributed by atoms with Crippen LogP contribution in [-0.4, -0.2) is 26.6 Å². The topological polar surface area (TPSA) is 76.6 Å². The van der Waals surface area contributed by atoms with Crippen molar-refractivity contribution in [2.45, 2.75) is 6.92 Å². The number of aryl methyl sites for hydroxylation is 1. The van der Waals surface area contributed by atoms with E-state index in [1.54, 1.807) is 43.3 Å². The van der Waals surface area contributed by atoms with Crippen molar-refractivity contribution in [3.63, 3.8) is 0 Å². The molecule has 6 nitrogen and oxygen atoms in total. The molecular formula is C18H14N2O4S2. The van der Waals surface area contributed by atoms with E-state index in [4.69, 9.17) is 16.6 Å². The molecule has 1 aromatic carbocycles. The summed E-state index contributed by atoms with van der Waals surface area (Å²) in [6.07, 6.45) is 3.23. The maximum absolute atomic E-state index is 12.3. The zero-order valence-electron chi connectivity index (χ0n) is 13.8. The third kappa shape index (κ3) is 3.47. The van der Waals surface area contributed by atoms with Crippen molar-refractivity contribution in [1.82, 2.24) is 4.90 Å². The molecule has 26 heavy (non-hydrogen) atoms. The lowest BCUT2D eigenvalue weighted by Gasteiger charge is -2.10. The maximum Gasteiger partial charge on any atom is 0.273 e. The third-order valence-corrected chi connectivity index (χ3v) is 5.15. The van der Waals surface area contributed by atoms with Crippen LogP contribution in [0.2, 0.25) is 0 Å².